The molecule has 198 valence electrons. The SMILES string of the molecule is COc1cc(NC(=O)c2sc3nc(C)nc(N4CCN(c5ccccn5)CC4)c3c2C)cc(OC)c1OC. The average molecular weight is 535 g/mol. The number of methoxy groups -OCH3 is 3. The zero-order chi connectivity index (χ0) is 26.8. The molecule has 1 aliphatic heterocycles. The molecule has 1 aromatic carbocycles. The fraction of sp³-hybridized carbons (Fsp3) is 0.333. The second-order valence-electron chi connectivity index (χ2n) is 8.86. The zero-order valence-electron chi connectivity index (χ0n) is 22.1. The van der Waals surface area contributed by atoms with Crippen molar-refractivity contribution in [2.75, 3.05) is 62.6 Å². The Morgan fingerprint density at radius 3 is 2.24 bits per heavy atom. The Morgan fingerprint density at radius 1 is 0.947 bits per heavy atom. The number of amides is 1. The summed E-state index contributed by atoms with van der Waals surface area (Å²) in [4.78, 5) is 33.3. The molecular formula is C27H30N6O4S. The lowest BCUT2D eigenvalue weighted by Gasteiger charge is -2.36. The van der Waals surface area contributed by atoms with Crippen molar-refractivity contribution in [1.29, 1.82) is 0 Å². The van der Waals surface area contributed by atoms with E-state index < -0.39 is 0 Å². The molecule has 0 radical (unpaired) electrons. The van der Waals surface area contributed by atoms with Gasteiger partial charge in [0.2, 0.25) is 5.75 Å². The van der Waals surface area contributed by atoms with Crippen LogP contribution >= 0.6 is 11.3 Å². The molecule has 0 saturated carbocycles. The quantitative estimate of drug-likeness (QED) is 0.372. The summed E-state index contributed by atoms with van der Waals surface area (Å²) in [5.74, 6) is 3.68. The zero-order valence-corrected chi connectivity index (χ0v) is 22.9. The van der Waals surface area contributed by atoms with E-state index in [0.29, 0.717) is 33.6 Å². The van der Waals surface area contributed by atoms with Gasteiger partial charge in [-0.2, -0.15) is 0 Å². The molecule has 1 N–H and O–H groups in total. The topological polar surface area (TPSA) is 102 Å². The van der Waals surface area contributed by atoms with Crippen molar-refractivity contribution >= 4 is 44.8 Å². The van der Waals surface area contributed by atoms with Crippen molar-refractivity contribution < 1.29 is 19.0 Å². The number of hydrogen-bond acceptors (Lipinski definition) is 10. The Hall–Kier alpha value is -4.12. The summed E-state index contributed by atoms with van der Waals surface area (Å²) in [6, 6.07) is 9.38. The van der Waals surface area contributed by atoms with E-state index in [1.54, 1.807) is 12.1 Å². The number of aryl methyl sites for hydroxylation is 2. The first kappa shape index (κ1) is 25.5. The molecule has 0 aliphatic carbocycles. The fourth-order valence-corrected chi connectivity index (χ4v) is 5.81. The number of piperazine rings is 1. The predicted octanol–water partition coefficient (Wildman–Crippen LogP) is 4.31. The number of nitrogens with zero attached hydrogens (tertiary/aromatic N) is 5. The number of aromatic nitrogens is 3. The lowest BCUT2D eigenvalue weighted by molar-refractivity contribution is 0.103. The van der Waals surface area contributed by atoms with Crippen molar-refractivity contribution in [3.63, 3.8) is 0 Å². The summed E-state index contributed by atoms with van der Waals surface area (Å²) in [7, 11) is 4.62. The normalized spacial score (nSPS) is 13.5. The first-order valence-electron chi connectivity index (χ1n) is 12.2. The van der Waals surface area contributed by atoms with Gasteiger partial charge in [0.15, 0.2) is 11.5 Å². The van der Waals surface area contributed by atoms with Crippen molar-refractivity contribution in [3.8, 4) is 17.2 Å². The number of anilines is 3. The van der Waals surface area contributed by atoms with Gasteiger partial charge in [-0.1, -0.05) is 6.07 Å². The van der Waals surface area contributed by atoms with E-state index in [2.05, 4.69) is 25.1 Å². The van der Waals surface area contributed by atoms with Gasteiger partial charge in [0.05, 0.1) is 31.6 Å². The van der Waals surface area contributed by atoms with Gasteiger partial charge in [0.1, 0.15) is 22.3 Å². The summed E-state index contributed by atoms with van der Waals surface area (Å²) in [5, 5.41) is 3.90. The van der Waals surface area contributed by atoms with Crippen molar-refractivity contribution in [1.82, 2.24) is 15.0 Å². The molecule has 4 heterocycles. The van der Waals surface area contributed by atoms with E-state index in [0.717, 1.165) is 53.6 Å². The van der Waals surface area contributed by atoms with Crippen LogP contribution in [-0.4, -0.2) is 68.4 Å². The molecule has 0 unspecified atom stereocenters. The minimum absolute atomic E-state index is 0.233. The molecule has 10 nitrogen and oxygen atoms in total. The maximum atomic E-state index is 13.4. The number of nitrogens with one attached hydrogen (secondary N) is 1. The van der Waals surface area contributed by atoms with Crippen LogP contribution < -0.4 is 29.3 Å². The van der Waals surface area contributed by atoms with Crippen LogP contribution in [0.2, 0.25) is 0 Å². The van der Waals surface area contributed by atoms with Crippen LogP contribution in [0.15, 0.2) is 36.5 Å². The van der Waals surface area contributed by atoms with E-state index in [4.69, 9.17) is 19.2 Å². The van der Waals surface area contributed by atoms with Gasteiger partial charge in [-0.05, 0) is 31.5 Å². The number of hydrogen-bond donors (Lipinski definition) is 1. The number of fused-ring (bicyclic) bond motifs is 1. The van der Waals surface area contributed by atoms with E-state index >= 15 is 0 Å². The van der Waals surface area contributed by atoms with E-state index in [1.165, 1.54) is 32.7 Å². The highest BCUT2D eigenvalue weighted by Crippen LogP contribution is 2.41. The Balaban J connectivity index is 1.43. The molecule has 0 bridgehead atoms. The molecule has 0 spiro atoms. The maximum absolute atomic E-state index is 13.4. The smallest absolute Gasteiger partial charge is 0.266 e. The van der Waals surface area contributed by atoms with Crippen molar-refractivity contribution in [3.05, 3.63) is 52.8 Å². The van der Waals surface area contributed by atoms with Crippen LogP contribution in [0.3, 0.4) is 0 Å². The van der Waals surface area contributed by atoms with Gasteiger partial charge >= 0.3 is 0 Å². The van der Waals surface area contributed by atoms with E-state index in [1.807, 2.05) is 38.2 Å². The van der Waals surface area contributed by atoms with Crippen LogP contribution in [-0.2, 0) is 0 Å². The minimum Gasteiger partial charge on any atom is -0.493 e. The Labute approximate surface area is 225 Å². The fourth-order valence-electron chi connectivity index (χ4n) is 4.70. The van der Waals surface area contributed by atoms with Gasteiger partial charge in [-0.25, -0.2) is 15.0 Å². The molecule has 1 saturated heterocycles. The van der Waals surface area contributed by atoms with Crippen LogP contribution in [0, 0.1) is 13.8 Å². The Morgan fingerprint density at radius 2 is 1.63 bits per heavy atom. The highest BCUT2D eigenvalue weighted by molar-refractivity contribution is 7.20. The summed E-state index contributed by atoms with van der Waals surface area (Å²) >= 11 is 1.37. The third-order valence-corrected chi connectivity index (χ3v) is 7.75. The first-order chi connectivity index (χ1) is 18.4. The molecule has 0 atom stereocenters. The van der Waals surface area contributed by atoms with Gasteiger partial charge < -0.3 is 29.3 Å². The third-order valence-electron chi connectivity index (χ3n) is 6.56. The molecule has 38 heavy (non-hydrogen) atoms. The first-order valence-corrected chi connectivity index (χ1v) is 13.0. The van der Waals surface area contributed by atoms with E-state index in [-0.39, 0.29) is 5.91 Å². The minimum atomic E-state index is -0.233. The summed E-state index contributed by atoms with van der Waals surface area (Å²) in [6.07, 6.45) is 1.82. The second-order valence-corrected chi connectivity index (χ2v) is 9.86. The van der Waals surface area contributed by atoms with Crippen LogP contribution in [0.5, 0.6) is 17.2 Å². The van der Waals surface area contributed by atoms with Crippen LogP contribution in [0.25, 0.3) is 10.2 Å². The third kappa shape index (κ3) is 4.76. The van der Waals surface area contributed by atoms with Crippen LogP contribution in [0.4, 0.5) is 17.3 Å². The highest BCUT2D eigenvalue weighted by Gasteiger charge is 2.26. The molecule has 1 amide bonds. The van der Waals surface area contributed by atoms with E-state index in [9.17, 15) is 4.79 Å². The lowest BCUT2D eigenvalue weighted by Crippen LogP contribution is -2.47. The Kier molecular flexibility index (Phi) is 7.19. The average Bonchev–Trinajstić information content (AvgIpc) is 3.28. The highest BCUT2D eigenvalue weighted by atomic mass is 32.1. The number of thiophene rings is 1. The number of ether oxygens (including phenoxy) is 3. The molecule has 1 aliphatic rings. The number of carbonyl (C=O) groups excluding carboxylic acids is 1. The number of carbonyl (C=O) groups is 1. The van der Waals surface area contributed by atoms with Crippen LogP contribution in [0.1, 0.15) is 21.1 Å². The molecule has 3 aromatic heterocycles. The number of rotatable bonds is 7. The number of benzene rings is 1. The maximum Gasteiger partial charge on any atom is 0.266 e. The lowest BCUT2D eigenvalue weighted by atomic mass is 10.1. The van der Waals surface area contributed by atoms with Gasteiger partial charge in [0, 0.05) is 50.2 Å². The molecule has 1 fully saturated rings. The standard InChI is InChI=1S/C27H30N6O4S/c1-16-22-25(33-12-10-32(11-13-33)21-8-6-7-9-28-21)29-17(2)30-27(22)38-24(16)26(34)31-18-14-19(35-3)23(37-5)20(15-18)36-4/h6-9,14-15H,10-13H2,1-5H3,(H,31,34). The monoisotopic (exact) mass is 534 g/mol. The summed E-state index contributed by atoms with van der Waals surface area (Å²) in [5.41, 5.74) is 1.39. The molecule has 11 heteroatoms. The van der Waals surface area contributed by atoms with Gasteiger partial charge in [-0.15, -0.1) is 11.3 Å². The summed E-state index contributed by atoms with van der Waals surface area (Å²) in [6.45, 7) is 7.10. The predicted molar refractivity (Wildman–Crippen MR) is 150 cm³/mol. The van der Waals surface area contributed by atoms with Gasteiger partial charge in [0.25, 0.3) is 5.91 Å². The van der Waals surface area contributed by atoms with Crippen molar-refractivity contribution in [2.24, 2.45) is 0 Å². The second kappa shape index (κ2) is 10.7. The van der Waals surface area contributed by atoms with Gasteiger partial charge in [-0.3, -0.25) is 4.79 Å². The largest absolute Gasteiger partial charge is 0.493 e. The summed E-state index contributed by atoms with van der Waals surface area (Å²) < 4.78 is 16.2. The van der Waals surface area contributed by atoms with Crippen molar-refractivity contribution in [2.45, 2.75) is 13.8 Å². The number of pyridine rings is 1. The molecule has 4 aromatic rings. The molecule has 5 rings (SSSR count). The molecular weight excluding hydrogens is 504 g/mol. The Bertz CT molecular complexity index is 1440.